The Morgan fingerprint density at radius 2 is 2.00 bits per heavy atom. The number of nitrogens with zero attached hydrogens (tertiary/aromatic N) is 1. The van der Waals surface area contributed by atoms with Crippen molar-refractivity contribution in [1.29, 1.82) is 0 Å². The predicted octanol–water partition coefficient (Wildman–Crippen LogP) is 2.10. The Kier molecular flexibility index (Phi) is 5.83. The molecule has 0 saturated carbocycles. The molecule has 0 aromatic heterocycles. The third-order valence-corrected chi connectivity index (χ3v) is 3.79. The topological polar surface area (TPSA) is 78.9 Å². The van der Waals surface area contributed by atoms with Crippen LogP contribution in [0.4, 0.5) is 10.5 Å². The number of rotatable bonds is 5. The molecule has 1 aliphatic heterocycles. The summed E-state index contributed by atoms with van der Waals surface area (Å²) in [6, 6.07) is 7.71. The highest BCUT2D eigenvalue weighted by molar-refractivity contribution is 5.95. The summed E-state index contributed by atoms with van der Waals surface area (Å²) in [5.74, 6) is 0.0728. The number of benzene rings is 1. The first-order valence-corrected chi connectivity index (χ1v) is 8.25. The van der Waals surface area contributed by atoms with Gasteiger partial charge in [0.25, 0.3) is 0 Å². The lowest BCUT2D eigenvalue weighted by Crippen LogP contribution is -2.33. The normalized spacial score (nSPS) is 17.9. The molecule has 0 spiro atoms. The monoisotopic (exact) mass is 334 g/mol. The Morgan fingerprint density at radius 3 is 2.54 bits per heavy atom. The molecule has 1 atom stereocenters. The van der Waals surface area contributed by atoms with Crippen LogP contribution in [0.3, 0.4) is 0 Å². The summed E-state index contributed by atoms with van der Waals surface area (Å²) in [7, 11) is 0. The first kappa shape index (κ1) is 18.3. The maximum atomic E-state index is 11.9. The number of aliphatic hydroxyl groups excluding tert-OH is 1. The second-order valence-electron chi connectivity index (χ2n) is 7.10. The summed E-state index contributed by atoms with van der Waals surface area (Å²) < 4.78 is 5.18. The molecular formula is C18H26N2O4. The lowest BCUT2D eigenvalue weighted by molar-refractivity contribution is -0.117. The number of carbonyl (C=O) groups excluding carboxylic acids is 2. The van der Waals surface area contributed by atoms with Crippen LogP contribution in [0.5, 0.6) is 0 Å². The number of hydrogen-bond acceptors (Lipinski definition) is 4. The van der Waals surface area contributed by atoms with Crippen LogP contribution in [0.2, 0.25) is 0 Å². The SMILES string of the molecule is CC(C)(C)OC(=O)NCCc1ccc(N2CC(CO)CC2=O)cc1. The van der Waals surface area contributed by atoms with Crippen LogP contribution >= 0.6 is 0 Å². The zero-order chi connectivity index (χ0) is 17.7. The Morgan fingerprint density at radius 1 is 1.33 bits per heavy atom. The van der Waals surface area contributed by atoms with Gasteiger partial charge in [-0.25, -0.2) is 4.79 Å². The molecule has 1 unspecified atom stereocenters. The number of alkyl carbamates (subject to hydrolysis) is 1. The summed E-state index contributed by atoms with van der Waals surface area (Å²) in [5, 5.41) is 11.9. The van der Waals surface area contributed by atoms with Crippen molar-refractivity contribution in [1.82, 2.24) is 5.32 Å². The van der Waals surface area contributed by atoms with E-state index in [0.717, 1.165) is 11.3 Å². The highest BCUT2D eigenvalue weighted by atomic mass is 16.6. The molecule has 2 amide bonds. The minimum absolute atomic E-state index is 0.0233. The van der Waals surface area contributed by atoms with E-state index in [1.165, 1.54) is 0 Å². The standard InChI is InChI=1S/C18H26N2O4/c1-18(2,3)24-17(23)19-9-8-13-4-6-15(7-5-13)20-11-14(12-21)10-16(20)22/h4-7,14,21H,8-12H2,1-3H3,(H,19,23). The highest BCUT2D eigenvalue weighted by Gasteiger charge is 2.29. The van der Waals surface area contributed by atoms with E-state index < -0.39 is 11.7 Å². The van der Waals surface area contributed by atoms with Gasteiger partial charge in [0.15, 0.2) is 0 Å². The molecule has 1 aromatic rings. The molecule has 2 N–H and O–H groups in total. The van der Waals surface area contributed by atoms with Crippen LogP contribution in [0, 0.1) is 5.92 Å². The summed E-state index contributed by atoms with van der Waals surface area (Å²) in [5.41, 5.74) is 1.42. The fourth-order valence-corrected chi connectivity index (χ4v) is 2.62. The van der Waals surface area contributed by atoms with Crippen molar-refractivity contribution in [3.63, 3.8) is 0 Å². The molecular weight excluding hydrogens is 308 g/mol. The van der Waals surface area contributed by atoms with Crippen LogP contribution in [-0.4, -0.2) is 42.4 Å². The van der Waals surface area contributed by atoms with E-state index in [-0.39, 0.29) is 18.4 Å². The number of amides is 2. The minimum atomic E-state index is -0.500. The van der Waals surface area contributed by atoms with E-state index in [1.54, 1.807) is 4.90 Å². The molecule has 1 aliphatic rings. The summed E-state index contributed by atoms with van der Waals surface area (Å²) in [6.07, 6.45) is 0.668. The Balaban J connectivity index is 1.82. The van der Waals surface area contributed by atoms with Gasteiger partial charge < -0.3 is 20.1 Å². The van der Waals surface area contributed by atoms with Crippen molar-refractivity contribution < 1.29 is 19.4 Å². The van der Waals surface area contributed by atoms with E-state index in [1.807, 2.05) is 45.0 Å². The number of hydrogen-bond donors (Lipinski definition) is 2. The van der Waals surface area contributed by atoms with Gasteiger partial charge in [-0.15, -0.1) is 0 Å². The molecule has 6 nitrogen and oxygen atoms in total. The lowest BCUT2D eigenvalue weighted by atomic mass is 10.1. The molecule has 0 bridgehead atoms. The van der Waals surface area contributed by atoms with E-state index in [9.17, 15) is 14.7 Å². The lowest BCUT2D eigenvalue weighted by Gasteiger charge is -2.19. The van der Waals surface area contributed by atoms with E-state index in [0.29, 0.717) is 25.9 Å². The van der Waals surface area contributed by atoms with Crippen LogP contribution in [0.25, 0.3) is 0 Å². The summed E-state index contributed by atoms with van der Waals surface area (Å²) >= 11 is 0. The summed E-state index contributed by atoms with van der Waals surface area (Å²) in [6.45, 7) is 6.57. The van der Waals surface area contributed by atoms with E-state index >= 15 is 0 Å². The maximum Gasteiger partial charge on any atom is 0.407 e. The van der Waals surface area contributed by atoms with Crippen LogP contribution in [0.15, 0.2) is 24.3 Å². The molecule has 6 heteroatoms. The number of anilines is 1. The zero-order valence-corrected chi connectivity index (χ0v) is 14.5. The molecule has 0 radical (unpaired) electrons. The van der Waals surface area contributed by atoms with Gasteiger partial charge in [0.2, 0.25) is 5.91 Å². The van der Waals surface area contributed by atoms with Crippen LogP contribution in [-0.2, 0) is 16.0 Å². The minimum Gasteiger partial charge on any atom is -0.444 e. The van der Waals surface area contributed by atoms with Gasteiger partial charge in [-0.2, -0.15) is 0 Å². The zero-order valence-electron chi connectivity index (χ0n) is 14.5. The van der Waals surface area contributed by atoms with Gasteiger partial charge in [0, 0.05) is 37.7 Å². The predicted molar refractivity (Wildman–Crippen MR) is 91.9 cm³/mol. The maximum absolute atomic E-state index is 11.9. The number of carbonyl (C=O) groups is 2. The molecule has 1 heterocycles. The van der Waals surface area contributed by atoms with Crippen LogP contribution in [0.1, 0.15) is 32.8 Å². The number of ether oxygens (including phenoxy) is 1. The smallest absolute Gasteiger partial charge is 0.407 e. The fourth-order valence-electron chi connectivity index (χ4n) is 2.62. The number of nitrogens with one attached hydrogen (secondary N) is 1. The molecule has 132 valence electrons. The second-order valence-corrected chi connectivity index (χ2v) is 7.10. The van der Waals surface area contributed by atoms with Gasteiger partial charge in [0.05, 0.1) is 0 Å². The third-order valence-electron chi connectivity index (χ3n) is 3.79. The second kappa shape index (κ2) is 7.66. The van der Waals surface area contributed by atoms with E-state index in [4.69, 9.17) is 4.74 Å². The van der Waals surface area contributed by atoms with Gasteiger partial charge in [0.1, 0.15) is 5.60 Å². The Labute approximate surface area is 142 Å². The molecule has 2 rings (SSSR count). The van der Waals surface area contributed by atoms with Crippen molar-refractivity contribution in [2.45, 2.75) is 39.2 Å². The fraction of sp³-hybridized carbons (Fsp3) is 0.556. The number of aliphatic hydroxyl groups is 1. The van der Waals surface area contributed by atoms with E-state index in [2.05, 4.69) is 5.32 Å². The van der Waals surface area contributed by atoms with Gasteiger partial charge in [-0.1, -0.05) is 12.1 Å². The first-order valence-electron chi connectivity index (χ1n) is 8.25. The molecule has 0 aliphatic carbocycles. The van der Waals surface area contributed by atoms with Crippen LogP contribution < -0.4 is 10.2 Å². The molecule has 1 aromatic carbocycles. The average molecular weight is 334 g/mol. The van der Waals surface area contributed by atoms with Crippen molar-refractivity contribution in [3.8, 4) is 0 Å². The average Bonchev–Trinajstić information content (AvgIpc) is 2.87. The molecule has 1 fully saturated rings. The van der Waals surface area contributed by atoms with Gasteiger partial charge in [-0.05, 0) is 44.9 Å². The van der Waals surface area contributed by atoms with Crippen molar-refractivity contribution in [2.24, 2.45) is 5.92 Å². The highest BCUT2D eigenvalue weighted by Crippen LogP contribution is 2.25. The van der Waals surface area contributed by atoms with Crippen molar-refractivity contribution >= 4 is 17.7 Å². The Bertz CT molecular complexity index is 578. The van der Waals surface area contributed by atoms with Crippen molar-refractivity contribution in [3.05, 3.63) is 29.8 Å². The first-order chi connectivity index (χ1) is 11.3. The molecule has 1 saturated heterocycles. The quantitative estimate of drug-likeness (QED) is 0.864. The largest absolute Gasteiger partial charge is 0.444 e. The van der Waals surface area contributed by atoms with Gasteiger partial charge in [-0.3, -0.25) is 4.79 Å². The van der Waals surface area contributed by atoms with Gasteiger partial charge >= 0.3 is 6.09 Å². The Hall–Kier alpha value is -2.08. The molecule has 24 heavy (non-hydrogen) atoms. The third kappa shape index (κ3) is 5.23. The summed E-state index contributed by atoms with van der Waals surface area (Å²) in [4.78, 5) is 25.2. The van der Waals surface area contributed by atoms with Crippen molar-refractivity contribution in [2.75, 3.05) is 24.6 Å².